The van der Waals surface area contributed by atoms with Gasteiger partial charge in [0, 0.05) is 17.8 Å². The molecule has 0 bridgehead atoms. The van der Waals surface area contributed by atoms with Crippen molar-refractivity contribution in [2.24, 2.45) is 0 Å². The number of fused-ring (bicyclic) bond motifs is 1. The van der Waals surface area contributed by atoms with Crippen LogP contribution in [0.3, 0.4) is 0 Å². The van der Waals surface area contributed by atoms with Gasteiger partial charge in [-0.3, -0.25) is 0 Å². The third kappa shape index (κ3) is 5.20. The number of halogens is 3. The highest BCUT2D eigenvalue weighted by Crippen LogP contribution is 2.40. The molecule has 2 aromatic carbocycles. The predicted octanol–water partition coefficient (Wildman–Crippen LogP) is 4.60. The SMILES string of the molecule is COc1cc(NC(=S)Nc2noc3cccc(OCC(F)(F)F)c23)cc(OC)c1OC. The fourth-order valence-electron chi connectivity index (χ4n) is 2.75. The lowest BCUT2D eigenvalue weighted by Gasteiger charge is -2.15. The van der Waals surface area contributed by atoms with Gasteiger partial charge in [0.05, 0.1) is 21.3 Å². The first-order chi connectivity index (χ1) is 14.8. The Bertz CT molecular complexity index is 1060. The number of hydrogen-bond acceptors (Lipinski definition) is 7. The normalized spacial score (nSPS) is 11.2. The Labute approximate surface area is 180 Å². The highest BCUT2D eigenvalue weighted by atomic mass is 32.1. The Balaban J connectivity index is 1.83. The van der Waals surface area contributed by atoms with Gasteiger partial charge in [0.2, 0.25) is 5.75 Å². The fraction of sp³-hybridized carbons (Fsp3) is 0.263. The highest BCUT2D eigenvalue weighted by Gasteiger charge is 2.29. The summed E-state index contributed by atoms with van der Waals surface area (Å²) in [6.45, 7) is -1.45. The number of anilines is 2. The number of benzene rings is 2. The van der Waals surface area contributed by atoms with Crippen molar-refractivity contribution < 1.29 is 36.6 Å². The molecule has 0 radical (unpaired) electrons. The number of ether oxygens (including phenoxy) is 4. The van der Waals surface area contributed by atoms with Crippen molar-refractivity contribution in [2.75, 3.05) is 38.6 Å². The lowest BCUT2D eigenvalue weighted by Crippen LogP contribution is -2.20. The second-order valence-electron chi connectivity index (χ2n) is 6.06. The summed E-state index contributed by atoms with van der Waals surface area (Å²) in [4.78, 5) is 0. The number of thiocarbonyl (C=S) groups is 1. The molecule has 12 heteroatoms. The van der Waals surface area contributed by atoms with Crippen LogP contribution in [0.5, 0.6) is 23.0 Å². The maximum absolute atomic E-state index is 12.6. The summed E-state index contributed by atoms with van der Waals surface area (Å²) < 4.78 is 63.6. The lowest BCUT2D eigenvalue weighted by atomic mass is 10.2. The van der Waals surface area contributed by atoms with Gasteiger partial charge >= 0.3 is 6.18 Å². The average molecular weight is 457 g/mol. The van der Waals surface area contributed by atoms with Crippen LogP contribution in [-0.4, -0.2) is 44.4 Å². The van der Waals surface area contributed by atoms with Gasteiger partial charge in [-0.1, -0.05) is 11.2 Å². The molecule has 0 aliphatic rings. The molecule has 0 saturated heterocycles. The molecule has 0 aliphatic heterocycles. The van der Waals surface area contributed by atoms with Gasteiger partial charge in [-0.05, 0) is 24.4 Å². The van der Waals surface area contributed by atoms with E-state index in [-0.39, 0.29) is 27.6 Å². The van der Waals surface area contributed by atoms with E-state index < -0.39 is 12.8 Å². The van der Waals surface area contributed by atoms with Crippen molar-refractivity contribution in [2.45, 2.75) is 6.18 Å². The number of hydrogen-bond donors (Lipinski definition) is 2. The molecule has 166 valence electrons. The maximum Gasteiger partial charge on any atom is 0.422 e. The summed E-state index contributed by atoms with van der Waals surface area (Å²) in [6.07, 6.45) is -4.49. The number of nitrogens with one attached hydrogen (secondary N) is 2. The quantitative estimate of drug-likeness (QED) is 0.494. The molecule has 31 heavy (non-hydrogen) atoms. The third-order valence-electron chi connectivity index (χ3n) is 4.01. The van der Waals surface area contributed by atoms with Crippen LogP contribution >= 0.6 is 12.2 Å². The molecule has 0 unspecified atom stereocenters. The third-order valence-corrected chi connectivity index (χ3v) is 4.21. The van der Waals surface area contributed by atoms with Crippen molar-refractivity contribution in [1.29, 1.82) is 0 Å². The molecule has 0 amide bonds. The zero-order valence-corrected chi connectivity index (χ0v) is 17.4. The van der Waals surface area contributed by atoms with E-state index in [2.05, 4.69) is 15.8 Å². The van der Waals surface area contributed by atoms with E-state index in [9.17, 15) is 13.2 Å². The number of nitrogens with zero attached hydrogens (tertiary/aromatic N) is 1. The van der Waals surface area contributed by atoms with Gasteiger partial charge in [0.1, 0.15) is 11.1 Å². The van der Waals surface area contributed by atoms with E-state index >= 15 is 0 Å². The van der Waals surface area contributed by atoms with Gasteiger partial charge in [-0.2, -0.15) is 13.2 Å². The van der Waals surface area contributed by atoms with E-state index in [1.54, 1.807) is 18.2 Å². The molecule has 0 atom stereocenters. The first-order valence-corrected chi connectivity index (χ1v) is 9.12. The smallest absolute Gasteiger partial charge is 0.422 e. The highest BCUT2D eigenvalue weighted by molar-refractivity contribution is 7.80. The van der Waals surface area contributed by atoms with Crippen LogP contribution < -0.4 is 29.6 Å². The summed E-state index contributed by atoms with van der Waals surface area (Å²) in [5, 5.41) is 9.87. The van der Waals surface area contributed by atoms with Gasteiger partial charge in [-0.25, -0.2) is 0 Å². The van der Waals surface area contributed by atoms with Crippen LogP contribution in [0.15, 0.2) is 34.9 Å². The van der Waals surface area contributed by atoms with Crippen molar-refractivity contribution in [1.82, 2.24) is 5.16 Å². The summed E-state index contributed by atoms with van der Waals surface area (Å²) in [5.41, 5.74) is 0.742. The van der Waals surface area contributed by atoms with Gasteiger partial charge in [0.15, 0.2) is 34.6 Å². The summed E-state index contributed by atoms with van der Waals surface area (Å²) in [5.74, 6) is 1.26. The Morgan fingerprint density at radius 1 is 1.03 bits per heavy atom. The zero-order chi connectivity index (χ0) is 22.6. The minimum absolute atomic E-state index is 0.0471. The average Bonchev–Trinajstić information content (AvgIpc) is 3.14. The summed E-state index contributed by atoms with van der Waals surface area (Å²) in [6, 6.07) is 7.69. The minimum atomic E-state index is -4.49. The van der Waals surface area contributed by atoms with Crippen LogP contribution in [0, 0.1) is 0 Å². The Morgan fingerprint density at radius 3 is 2.29 bits per heavy atom. The van der Waals surface area contributed by atoms with Crippen LogP contribution in [0.1, 0.15) is 0 Å². The predicted molar refractivity (Wildman–Crippen MR) is 112 cm³/mol. The Hall–Kier alpha value is -3.41. The topological polar surface area (TPSA) is 87.0 Å². The van der Waals surface area contributed by atoms with Crippen molar-refractivity contribution in [3.8, 4) is 23.0 Å². The Kier molecular flexibility index (Phi) is 6.59. The zero-order valence-electron chi connectivity index (χ0n) is 16.6. The molecule has 3 rings (SSSR count). The molecule has 3 aromatic rings. The fourth-order valence-corrected chi connectivity index (χ4v) is 2.96. The standard InChI is InChI=1S/C19H18F3N3O5S/c1-26-13-7-10(8-14(27-2)16(13)28-3)23-18(31)24-17-15-11(29-9-19(20,21)22)5-4-6-12(15)30-25-17/h4-8H,9H2,1-3H3,(H2,23,24,25,31). The molecule has 0 aliphatic carbocycles. The minimum Gasteiger partial charge on any atom is -0.493 e. The maximum atomic E-state index is 12.6. The molecular formula is C19H18F3N3O5S. The lowest BCUT2D eigenvalue weighted by molar-refractivity contribution is -0.153. The van der Waals surface area contributed by atoms with Crippen LogP contribution in [0.4, 0.5) is 24.7 Å². The van der Waals surface area contributed by atoms with E-state index in [0.717, 1.165) is 0 Å². The van der Waals surface area contributed by atoms with Crippen LogP contribution in [-0.2, 0) is 0 Å². The number of aromatic nitrogens is 1. The van der Waals surface area contributed by atoms with Crippen molar-refractivity contribution in [3.05, 3.63) is 30.3 Å². The van der Waals surface area contributed by atoms with E-state index in [1.807, 2.05) is 0 Å². The largest absolute Gasteiger partial charge is 0.493 e. The van der Waals surface area contributed by atoms with Crippen LogP contribution in [0.2, 0.25) is 0 Å². The molecule has 1 aromatic heterocycles. The molecular weight excluding hydrogens is 439 g/mol. The van der Waals surface area contributed by atoms with E-state index in [4.69, 9.17) is 35.7 Å². The second-order valence-corrected chi connectivity index (χ2v) is 6.47. The van der Waals surface area contributed by atoms with Crippen molar-refractivity contribution >= 4 is 39.8 Å². The molecule has 1 heterocycles. The van der Waals surface area contributed by atoms with E-state index in [0.29, 0.717) is 22.9 Å². The molecule has 0 fully saturated rings. The Morgan fingerprint density at radius 2 is 1.71 bits per heavy atom. The molecule has 0 saturated carbocycles. The monoisotopic (exact) mass is 457 g/mol. The molecule has 2 N–H and O–H groups in total. The van der Waals surface area contributed by atoms with Gasteiger partial charge < -0.3 is 34.1 Å². The van der Waals surface area contributed by atoms with Crippen LogP contribution in [0.25, 0.3) is 11.0 Å². The van der Waals surface area contributed by atoms with Gasteiger partial charge in [-0.15, -0.1) is 0 Å². The first kappa shape index (κ1) is 22.3. The summed E-state index contributed by atoms with van der Waals surface area (Å²) >= 11 is 5.30. The number of alkyl halides is 3. The summed E-state index contributed by atoms with van der Waals surface area (Å²) in [7, 11) is 4.43. The number of methoxy groups -OCH3 is 3. The molecule has 0 spiro atoms. The number of rotatable bonds is 7. The van der Waals surface area contributed by atoms with E-state index in [1.165, 1.54) is 33.5 Å². The van der Waals surface area contributed by atoms with Gasteiger partial charge in [0.25, 0.3) is 0 Å². The first-order valence-electron chi connectivity index (χ1n) is 8.71. The second kappa shape index (κ2) is 9.16. The van der Waals surface area contributed by atoms with Crippen molar-refractivity contribution in [3.63, 3.8) is 0 Å². The molecule has 8 nitrogen and oxygen atoms in total.